The number of halogens is 2. The number of hydrogen-bond donors (Lipinski definition) is 0. The number of anilines is 1. The molecule has 0 aromatic heterocycles. The molecule has 18 heavy (non-hydrogen) atoms. The monoisotopic (exact) mass is 271 g/mol. The maximum absolute atomic E-state index is 13.2. The van der Waals surface area contributed by atoms with Gasteiger partial charge >= 0.3 is 0 Å². The van der Waals surface area contributed by atoms with Gasteiger partial charge in [0.05, 0.1) is 28.0 Å². The number of nitro benzene ring substituents is 1. The Balaban J connectivity index is 3.18. The van der Waals surface area contributed by atoms with Gasteiger partial charge in [-0.05, 0) is 13.0 Å². The normalized spacial score (nSPS) is 11.7. The molecule has 0 fully saturated rings. The summed E-state index contributed by atoms with van der Waals surface area (Å²) in [5.41, 5.74) is -0.182. The predicted octanol–water partition coefficient (Wildman–Crippen LogP) is 2.98. The average Bonchev–Trinajstić information content (AvgIpc) is 2.31. The number of benzene rings is 1. The third kappa shape index (κ3) is 3.08. The summed E-state index contributed by atoms with van der Waals surface area (Å²) >= 11 is 5.62. The average molecular weight is 272 g/mol. The Hall–Kier alpha value is -1.87. The van der Waals surface area contributed by atoms with Crippen molar-refractivity contribution in [2.45, 2.75) is 6.92 Å². The van der Waals surface area contributed by atoms with Crippen LogP contribution in [0.5, 0.6) is 0 Å². The van der Waals surface area contributed by atoms with Crippen LogP contribution in [-0.4, -0.2) is 18.5 Å². The predicted molar refractivity (Wildman–Crippen MR) is 66.1 cm³/mol. The lowest BCUT2D eigenvalue weighted by Crippen LogP contribution is -2.24. The Morgan fingerprint density at radius 1 is 1.67 bits per heavy atom. The van der Waals surface area contributed by atoms with Crippen LogP contribution >= 0.6 is 11.6 Å². The lowest BCUT2D eigenvalue weighted by molar-refractivity contribution is -0.384. The molecule has 5 nitrogen and oxygen atoms in total. The van der Waals surface area contributed by atoms with Crippen molar-refractivity contribution in [1.29, 1.82) is 5.26 Å². The van der Waals surface area contributed by atoms with Gasteiger partial charge in [-0.15, -0.1) is 0 Å². The summed E-state index contributed by atoms with van der Waals surface area (Å²) < 4.78 is 13.2. The van der Waals surface area contributed by atoms with Crippen molar-refractivity contribution < 1.29 is 9.31 Å². The molecule has 0 amide bonds. The first-order valence-corrected chi connectivity index (χ1v) is 5.48. The Bertz CT molecular complexity index is 516. The van der Waals surface area contributed by atoms with E-state index in [4.69, 9.17) is 16.9 Å². The topological polar surface area (TPSA) is 70.2 Å². The van der Waals surface area contributed by atoms with Crippen LogP contribution in [0.4, 0.5) is 15.8 Å². The summed E-state index contributed by atoms with van der Waals surface area (Å²) in [7, 11) is 1.59. The third-order valence-electron chi connectivity index (χ3n) is 2.39. The van der Waals surface area contributed by atoms with Gasteiger partial charge in [-0.3, -0.25) is 10.1 Å². The summed E-state index contributed by atoms with van der Waals surface area (Å²) in [4.78, 5) is 11.7. The van der Waals surface area contributed by atoms with Crippen molar-refractivity contribution in [2.75, 3.05) is 18.5 Å². The summed E-state index contributed by atoms with van der Waals surface area (Å²) in [5.74, 6) is -1.15. The minimum absolute atomic E-state index is 0.188. The van der Waals surface area contributed by atoms with E-state index < -0.39 is 10.7 Å². The maximum atomic E-state index is 13.2. The largest absolute Gasteiger partial charge is 0.368 e. The van der Waals surface area contributed by atoms with Crippen LogP contribution in [0.2, 0.25) is 5.02 Å². The molecular weight excluding hydrogens is 261 g/mol. The lowest BCUT2D eigenvalue weighted by Gasteiger charge is -2.20. The summed E-state index contributed by atoms with van der Waals surface area (Å²) in [6, 6.07) is 4.00. The fraction of sp³-hybridized carbons (Fsp3) is 0.364. The summed E-state index contributed by atoms with van der Waals surface area (Å²) in [6.45, 7) is 1.98. The standard InChI is InChI=1S/C11H11ClFN3O2/c1-7(5-14)6-15(2)10-3-8(12)9(13)4-11(10)16(17)18/h3-4,7H,6H2,1-2H3. The molecular formula is C11H11ClFN3O2. The van der Waals surface area contributed by atoms with Crippen LogP contribution < -0.4 is 4.90 Å². The number of hydrogen-bond acceptors (Lipinski definition) is 4. The van der Waals surface area contributed by atoms with Gasteiger partial charge in [0.1, 0.15) is 11.5 Å². The van der Waals surface area contributed by atoms with E-state index in [1.165, 1.54) is 11.0 Å². The van der Waals surface area contributed by atoms with E-state index in [1.54, 1.807) is 14.0 Å². The molecule has 0 aliphatic carbocycles. The van der Waals surface area contributed by atoms with E-state index >= 15 is 0 Å². The molecule has 7 heteroatoms. The van der Waals surface area contributed by atoms with Gasteiger partial charge in [-0.2, -0.15) is 5.26 Å². The zero-order chi connectivity index (χ0) is 13.9. The van der Waals surface area contributed by atoms with Crippen LogP contribution in [-0.2, 0) is 0 Å². The maximum Gasteiger partial charge on any atom is 0.295 e. The second kappa shape index (κ2) is 5.65. The van der Waals surface area contributed by atoms with Gasteiger partial charge in [0, 0.05) is 13.6 Å². The molecule has 0 spiro atoms. The quantitative estimate of drug-likeness (QED) is 0.623. The lowest BCUT2D eigenvalue weighted by atomic mass is 10.1. The van der Waals surface area contributed by atoms with E-state index in [9.17, 15) is 14.5 Å². The number of nitro groups is 1. The zero-order valence-corrected chi connectivity index (χ0v) is 10.6. The van der Waals surface area contributed by atoms with Gasteiger partial charge in [0.25, 0.3) is 5.69 Å². The highest BCUT2D eigenvalue weighted by atomic mass is 35.5. The van der Waals surface area contributed by atoms with E-state index in [0.29, 0.717) is 6.54 Å². The fourth-order valence-electron chi connectivity index (χ4n) is 1.53. The summed E-state index contributed by atoms with van der Waals surface area (Å²) in [6.07, 6.45) is 0. The second-order valence-electron chi connectivity index (χ2n) is 3.92. The van der Waals surface area contributed by atoms with Crippen LogP contribution in [0.15, 0.2) is 12.1 Å². The van der Waals surface area contributed by atoms with E-state index in [-0.39, 0.29) is 22.3 Å². The fourth-order valence-corrected chi connectivity index (χ4v) is 1.69. The number of nitriles is 1. The Morgan fingerprint density at radius 2 is 2.28 bits per heavy atom. The molecule has 1 rings (SSSR count). The van der Waals surface area contributed by atoms with E-state index in [0.717, 1.165) is 6.07 Å². The highest BCUT2D eigenvalue weighted by Crippen LogP contribution is 2.32. The number of nitrogens with zero attached hydrogens (tertiary/aromatic N) is 3. The second-order valence-corrected chi connectivity index (χ2v) is 4.33. The Kier molecular flexibility index (Phi) is 4.45. The molecule has 1 aromatic carbocycles. The van der Waals surface area contributed by atoms with Gasteiger partial charge in [0.2, 0.25) is 0 Å². The van der Waals surface area contributed by atoms with Crippen LogP contribution in [0, 0.1) is 33.2 Å². The van der Waals surface area contributed by atoms with Gasteiger partial charge in [-0.1, -0.05) is 11.6 Å². The molecule has 0 saturated carbocycles. The molecule has 0 heterocycles. The van der Waals surface area contributed by atoms with Gasteiger partial charge in [0.15, 0.2) is 0 Å². The van der Waals surface area contributed by atoms with E-state index in [2.05, 4.69) is 0 Å². The molecule has 1 unspecified atom stereocenters. The molecule has 1 atom stereocenters. The minimum atomic E-state index is -0.839. The molecule has 0 aliphatic rings. The van der Waals surface area contributed by atoms with Crippen LogP contribution in [0.25, 0.3) is 0 Å². The summed E-state index contributed by atoms with van der Waals surface area (Å²) in [5, 5.41) is 19.4. The Morgan fingerprint density at radius 3 is 2.78 bits per heavy atom. The molecule has 1 aromatic rings. The first-order chi connectivity index (χ1) is 8.36. The Labute approximate surface area is 109 Å². The minimum Gasteiger partial charge on any atom is -0.368 e. The van der Waals surface area contributed by atoms with Crippen molar-refractivity contribution in [3.8, 4) is 6.07 Å². The highest BCUT2D eigenvalue weighted by Gasteiger charge is 2.21. The van der Waals surface area contributed by atoms with Crippen molar-refractivity contribution >= 4 is 23.0 Å². The van der Waals surface area contributed by atoms with Gasteiger partial charge < -0.3 is 4.90 Å². The third-order valence-corrected chi connectivity index (χ3v) is 2.68. The van der Waals surface area contributed by atoms with Crippen molar-refractivity contribution in [1.82, 2.24) is 0 Å². The SMILES string of the molecule is CC(C#N)CN(C)c1cc(Cl)c(F)cc1[N+](=O)[O-]. The molecule has 0 saturated heterocycles. The molecule has 96 valence electrons. The molecule has 0 aliphatic heterocycles. The van der Waals surface area contributed by atoms with Crippen LogP contribution in [0.3, 0.4) is 0 Å². The smallest absolute Gasteiger partial charge is 0.295 e. The van der Waals surface area contributed by atoms with Gasteiger partial charge in [-0.25, -0.2) is 4.39 Å². The van der Waals surface area contributed by atoms with Crippen LogP contribution in [0.1, 0.15) is 6.92 Å². The van der Waals surface area contributed by atoms with Crippen molar-refractivity contribution in [3.63, 3.8) is 0 Å². The zero-order valence-electron chi connectivity index (χ0n) is 9.85. The first kappa shape index (κ1) is 14.2. The molecule has 0 N–H and O–H groups in total. The van der Waals surface area contributed by atoms with Crippen molar-refractivity contribution in [3.05, 3.63) is 33.1 Å². The number of rotatable bonds is 4. The first-order valence-electron chi connectivity index (χ1n) is 5.11. The van der Waals surface area contributed by atoms with E-state index in [1.807, 2.05) is 6.07 Å². The highest BCUT2D eigenvalue weighted by molar-refractivity contribution is 6.31. The molecule has 0 bridgehead atoms. The molecule has 0 radical (unpaired) electrons. The van der Waals surface area contributed by atoms with Crippen molar-refractivity contribution in [2.24, 2.45) is 5.92 Å².